The molecule has 1 aliphatic rings. The van der Waals surface area contributed by atoms with E-state index in [0.29, 0.717) is 32.7 Å². The van der Waals surface area contributed by atoms with Crippen molar-refractivity contribution in [1.82, 2.24) is 9.62 Å². The first-order valence-electron chi connectivity index (χ1n) is 7.34. The van der Waals surface area contributed by atoms with E-state index in [1.54, 1.807) is 6.07 Å². The molecule has 128 valence electrons. The maximum Gasteiger partial charge on any atom is 0.246 e. The molecule has 2 rings (SSSR count). The zero-order chi connectivity index (χ0) is 17.0. The van der Waals surface area contributed by atoms with Crippen LogP contribution in [0, 0.1) is 0 Å². The molecule has 9 heteroatoms. The van der Waals surface area contributed by atoms with Crippen molar-refractivity contribution in [1.29, 1.82) is 0 Å². The molecule has 1 aromatic carbocycles. The number of nitrogens with one attached hydrogen (secondary N) is 2. The van der Waals surface area contributed by atoms with Crippen LogP contribution in [0.15, 0.2) is 23.1 Å². The van der Waals surface area contributed by atoms with Crippen LogP contribution in [0.4, 0.5) is 0 Å². The minimum atomic E-state index is -3.69. The number of carbonyl (C=O) groups is 1. The third-order valence-corrected chi connectivity index (χ3v) is 6.65. The molecule has 0 saturated carbocycles. The number of benzene rings is 1. The summed E-state index contributed by atoms with van der Waals surface area (Å²) in [4.78, 5) is 12.1. The molecule has 0 spiro atoms. The van der Waals surface area contributed by atoms with Gasteiger partial charge in [0.1, 0.15) is 4.90 Å². The Kier molecular flexibility index (Phi) is 6.27. The summed E-state index contributed by atoms with van der Waals surface area (Å²) < 4.78 is 26.9. The molecule has 1 saturated heterocycles. The van der Waals surface area contributed by atoms with Gasteiger partial charge in [0, 0.05) is 6.92 Å². The van der Waals surface area contributed by atoms with Gasteiger partial charge in [-0.1, -0.05) is 29.3 Å². The SMILES string of the molecule is CC(=O)NCC[NH+]1CCN(S(=O)(=O)c2c(Cl)cccc2Cl)CC1. The monoisotopic (exact) mass is 380 g/mol. The smallest absolute Gasteiger partial charge is 0.246 e. The summed E-state index contributed by atoms with van der Waals surface area (Å²) in [6.07, 6.45) is 0. The van der Waals surface area contributed by atoms with Crippen molar-refractivity contribution in [3.8, 4) is 0 Å². The van der Waals surface area contributed by atoms with Crippen molar-refractivity contribution < 1.29 is 18.1 Å². The minimum Gasteiger partial charge on any atom is -0.351 e. The quantitative estimate of drug-likeness (QED) is 0.756. The molecule has 2 N–H and O–H groups in total. The number of sulfonamides is 1. The van der Waals surface area contributed by atoms with Crippen molar-refractivity contribution in [2.75, 3.05) is 39.3 Å². The van der Waals surface area contributed by atoms with Crippen LogP contribution in [0.2, 0.25) is 10.0 Å². The molecule has 1 fully saturated rings. The average Bonchev–Trinajstić information content (AvgIpc) is 2.47. The van der Waals surface area contributed by atoms with Crippen LogP contribution < -0.4 is 10.2 Å². The fourth-order valence-corrected chi connectivity index (χ4v) is 5.10. The zero-order valence-electron chi connectivity index (χ0n) is 12.8. The summed E-state index contributed by atoms with van der Waals surface area (Å²) in [6.45, 7) is 5.02. The van der Waals surface area contributed by atoms with Crippen LogP contribution in [-0.2, 0) is 14.8 Å². The first-order valence-corrected chi connectivity index (χ1v) is 9.54. The molecular weight excluding hydrogens is 361 g/mol. The van der Waals surface area contributed by atoms with Gasteiger partial charge in [-0.05, 0) is 12.1 Å². The Hall–Kier alpha value is -0.860. The predicted octanol–water partition coefficient (Wildman–Crippen LogP) is 0.0187. The van der Waals surface area contributed by atoms with Crippen molar-refractivity contribution in [3.63, 3.8) is 0 Å². The summed E-state index contributed by atoms with van der Waals surface area (Å²) in [7, 11) is -3.69. The lowest BCUT2D eigenvalue weighted by Crippen LogP contribution is -3.15. The van der Waals surface area contributed by atoms with Gasteiger partial charge >= 0.3 is 0 Å². The molecule has 23 heavy (non-hydrogen) atoms. The molecule has 6 nitrogen and oxygen atoms in total. The second kappa shape index (κ2) is 7.81. The average molecular weight is 381 g/mol. The predicted molar refractivity (Wildman–Crippen MR) is 89.5 cm³/mol. The molecule has 0 bridgehead atoms. The first kappa shape index (κ1) is 18.5. The standard InChI is InChI=1S/C14H19Cl2N3O3S/c1-11(20)17-5-6-18-7-9-19(10-8-18)23(21,22)14-12(15)3-2-4-13(14)16/h2-4H,5-10H2,1H3,(H,17,20)/p+1. The Balaban J connectivity index is 2.00. The van der Waals surface area contributed by atoms with E-state index >= 15 is 0 Å². The number of quaternary nitrogens is 1. The van der Waals surface area contributed by atoms with Crippen LogP contribution in [-0.4, -0.2) is 57.9 Å². The molecule has 0 aliphatic carbocycles. The van der Waals surface area contributed by atoms with E-state index in [1.807, 2.05) is 0 Å². The highest BCUT2D eigenvalue weighted by molar-refractivity contribution is 7.89. The van der Waals surface area contributed by atoms with Crippen molar-refractivity contribution in [2.45, 2.75) is 11.8 Å². The minimum absolute atomic E-state index is 0.0231. The number of amides is 1. The number of nitrogens with zero attached hydrogens (tertiary/aromatic N) is 1. The summed E-state index contributed by atoms with van der Waals surface area (Å²) in [5, 5.41) is 3.02. The highest BCUT2D eigenvalue weighted by atomic mass is 35.5. The number of rotatable bonds is 5. The van der Waals surface area contributed by atoms with Crippen LogP contribution in [0.5, 0.6) is 0 Å². The zero-order valence-corrected chi connectivity index (χ0v) is 15.1. The van der Waals surface area contributed by atoms with E-state index < -0.39 is 10.0 Å². The van der Waals surface area contributed by atoms with Gasteiger partial charge in [-0.2, -0.15) is 4.31 Å². The molecule has 1 aromatic rings. The number of halogens is 2. The molecule has 1 aliphatic heterocycles. The third-order valence-electron chi connectivity index (χ3n) is 3.80. The molecule has 1 amide bonds. The van der Waals surface area contributed by atoms with Gasteiger partial charge < -0.3 is 10.2 Å². The molecule has 0 aromatic heterocycles. The molecule has 0 unspecified atom stereocenters. The largest absolute Gasteiger partial charge is 0.351 e. The summed E-state index contributed by atoms with van der Waals surface area (Å²) in [5.74, 6) is -0.0565. The van der Waals surface area contributed by atoms with Crippen molar-refractivity contribution >= 4 is 39.1 Å². The lowest BCUT2D eigenvalue weighted by atomic mass is 10.3. The Bertz CT molecular complexity index is 654. The Morgan fingerprint density at radius 3 is 2.35 bits per heavy atom. The van der Waals surface area contributed by atoms with Gasteiger partial charge in [-0.3, -0.25) is 4.79 Å². The summed E-state index contributed by atoms with van der Waals surface area (Å²) in [6, 6.07) is 4.66. The fraction of sp³-hybridized carbons (Fsp3) is 0.500. The Labute approximate surface area is 146 Å². The van der Waals surface area contributed by atoms with Gasteiger partial charge in [0.15, 0.2) is 0 Å². The van der Waals surface area contributed by atoms with E-state index in [-0.39, 0.29) is 20.8 Å². The summed E-state index contributed by atoms with van der Waals surface area (Å²) >= 11 is 12.0. The van der Waals surface area contributed by atoms with Gasteiger partial charge in [0.25, 0.3) is 0 Å². The van der Waals surface area contributed by atoms with Crippen LogP contribution >= 0.6 is 23.2 Å². The van der Waals surface area contributed by atoms with Gasteiger partial charge in [0.05, 0.1) is 49.3 Å². The number of piperazine rings is 1. The lowest BCUT2D eigenvalue weighted by molar-refractivity contribution is -0.902. The molecule has 0 radical (unpaired) electrons. The highest BCUT2D eigenvalue weighted by Crippen LogP contribution is 2.31. The number of hydrogen-bond acceptors (Lipinski definition) is 3. The van der Waals surface area contributed by atoms with Crippen LogP contribution in [0.25, 0.3) is 0 Å². The maximum atomic E-state index is 12.7. The van der Waals surface area contributed by atoms with Crippen LogP contribution in [0.3, 0.4) is 0 Å². The number of hydrogen-bond donors (Lipinski definition) is 2. The van der Waals surface area contributed by atoms with Gasteiger partial charge in [0.2, 0.25) is 15.9 Å². The van der Waals surface area contributed by atoms with E-state index in [0.717, 1.165) is 6.54 Å². The van der Waals surface area contributed by atoms with E-state index in [1.165, 1.54) is 28.3 Å². The Morgan fingerprint density at radius 2 is 1.83 bits per heavy atom. The van der Waals surface area contributed by atoms with E-state index in [9.17, 15) is 13.2 Å². The topological polar surface area (TPSA) is 70.9 Å². The molecule has 1 heterocycles. The lowest BCUT2D eigenvalue weighted by Gasteiger charge is -2.31. The fourth-order valence-electron chi connectivity index (χ4n) is 2.57. The molecular formula is C14H20Cl2N3O3S+. The van der Waals surface area contributed by atoms with E-state index in [2.05, 4.69) is 5.32 Å². The Morgan fingerprint density at radius 1 is 1.26 bits per heavy atom. The number of carbonyl (C=O) groups excluding carboxylic acids is 1. The first-order chi connectivity index (χ1) is 10.8. The van der Waals surface area contributed by atoms with Crippen molar-refractivity contribution in [3.05, 3.63) is 28.2 Å². The van der Waals surface area contributed by atoms with Gasteiger partial charge in [-0.15, -0.1) is 0 Å². The second-order valence-electron chi connectivity index (χ2n) is 5.44. The normalized spacial score (nSPS) is 17.2. The summed E-state index contributed by atoms with van der Waals surface area (Å²) in [5.41, 5.74) is 0. The van der Waals surface area contributed by atoms with E-state index in [4.69, 9.17) is 23.2 Å². The second-order valence-corrected chi connectivity index (χ2v) is 8.13. The highest BCUT2D eigenvalue weighted by Gasteiger charge is 2.33. The van der Waals surface area contributed by atoms with Crippen molar-refractivity contribution in [2.24, 2.45) is 0 Å². The van der Waals surface area contributed by atoms with Gasteiger partial charge in [-0.25, -0.2) is 8.42 Å². The van der Waals surface area contributed by atoms with Crippen LogP contribution in [0.1, 0.15) is 6.92 Å². The maximum absolute atomic E-state index is 12.7. The third kappa shape index (κ3) is 4.58. The molecule has 0 atom stereocenters.